The summed E-state index contributed by atoms with van der Waals surface area (Å²) in [6, 6.07) is 10.5. The van der Waals surface area contributed by atoms with Crippen LogP contribution in [-0.4, -0.2) is 55.4 Å². The molecule has 1 amide bonds. The Bertz CT molecular complexity index is 531. The van der Waals surface area contributed by atoms with Crippen LogP contribution in [-0.2, 0) is 20.8 Å². The number of amides is 1. The summed E-state index contributed by atoms with van der Waals surface area (Å²) in [5, 5.41) is 3.11. The normalized spacial score (nSPS) is 25.6. The number of carbonyl (C=O) groups is 1. The minimum atomic E-state index is -0.373. The predicted molar refractivity (Wildman–Crippen MR) is 97.3 cm³/mol. The van der Waals surface area contributed by atoms with E-state index in [-0.39, 0.29) is 18.1 Å². The predicted octanol–water partition coefficient (Wildman–Crippen LogP) is 2.35. The topological polar surface area (TPSA) is 50.8 Å². The smallest absolute Gasteiger partial charge is 0.250 e. The quantitative estimate of drug-likeness (QED) is 0.823. The summed E-state index contributed by atoms with van der Waals surface area (Å²) in [6.07, 6.45) is 4.30. The van der Waals surface area contributed by atoms with Gasteiger partial charge in [-0.25, -0.2) is 0 Å². The first-order chi connectivity index (χ1) is 12.2. The van der Waals surface area contributed by atoms with Gasteiger partial charge in [0.1, 0.15) is 6.10 Å². The lowest BCUT2D eigenvalue weighted by Crippen LogP contribution is -2.51. The summed E-state index contributed by atoms with van der Waals surface area (Å²) < 4.78 is 11.4. The molecule has 5 nitrogen and oxygen atoms in total. The largest absolute Gasteiger partial charge is 0.378 e. The Kier molecular flexibility index (Phi) is 6.84. The van der Waals surface area contributed by atoms with E-state index in [9.17, 15) is 4.79 Å². The number of carbonyl (C=O) groups excluding carboxylic acids is 1. The van der Waals surface area contributed by atoms with E-state index in [4.69, 9.17) is 9.47 Å². The number of benzene rings is 1. The van der Waals surface area contributed by atoms with Crippen LogP contribution in [0.1, 0.15) is 38.2 Å². The van der Waals surface area contributed by atoms with Crippen LogP contribution in [0.3, 0.4) is 0 Å². The highest BCUT2D eigenvalue weighted by molar-refractivity contribution is 5.81. The Morgan fingerprint density at radius 1 is 1.28 bits per heavy atom. The molecule has 0 aliphatic carbocycles. The van der Waals surface area contributed by atoms with Gasteiger partial charge in [-0.15, -0.1) is 0 Å². The number of nitrogens with zero attached hydrogens (tertiary/aromatic N) is 1. The van der Waals surface area contributed by atoms with Gasteiger partial charge in [-0.05, 0) is 38.2 Å². The van der Waals surface area contributed by atoms with Crippen molar-refractivity contribution in [2.24, 2.45) is 0 Å². The zero-order chi connectivity index (χ0) is 17.5. The summed E-state index contributed by atoms with van der Waals surface area (Å²) in [5.41, 5.74) is 1.27. The van der Waals surface area contributed by atoms with Crippen LogP contribution in [0.2, 0.25) is 0 Å². The van der Waals surface area contributed by atoms with Gasteiger partial charge in [0.15, 0.2) is 0 Å². The van der Waals surface area contributed by atoms with Gasteiger partial charge < -0.3 is 14.8 Å². The molecule has 0 aromatic heterocycles. The van der Waals surface area contributed by atoms with Crippen molar-refractivity contribution in [2.75, 3.05) is 26.3 Å². The highest BCUT2D eigenvalue weighted by Crippen LogP contribution is 2.18. The molecule has 2 saturated heterocycles. The average Bonchev–Trinajstić information content (AvgIpc) is 3.15. The van der Waals surface area contributed by atoms with Crippen molar-refractivity contribution < 1.29 is 14.3 Å². The highest BCUT2D eigenvalue weighted by Gasteiger charge is 2.27. The Labute approximate surface area is 150 Å². The molecular formula is C20H30N2O3. The van der Waals surface area contributed by atoms with Crippen LogP contribution >= 0.6 is 0 Å². The standard InChI is InChI=1S/C20H30N2O3/c1-16(9-10-18-8-5-12-24-18)21-20(23)19-15-22(11-13-25-19)14-17-6-3-2-4-7-17/h2-4,6-7,16,18-19H,5,8-15H2,1H3,(H,21,23)/t16-,18-,19-/m1/s1. The minimum Gasteiger partial charge on any atom is -0.378 e. The van der Waals surface area contributed by atoms with Gasteiger partial charge in [-0.3, -0.25) is 9.69 Å². The summed E-state index contributed by atoms with van der Waals surface area (Å²) in [7, 11) is 0. The molecule has 2 heterocycles. The van der Waals surface area contributed by atoms with E-state index < -0.39 is 0 Å². The fourth-order valence-electron chi connectivity index (χ4n) is 3.56. The molecule has 3 atom stereocenters. The molecule has 0 radical (unpaired) electrons. The first kappa shape index (κ1) is 18.4. The van der Waals surface area contributed by atoms with Crippen LogP contribution in [0, 0.1) is 0 Å². The number of hydrogen-bond donors (Lipinski definition) is 1. The number of hydrogen-bond acceptors (Lipinski definition) is 4. The van der Waals surface area contributed by atoms with E-state index in [2.05, 4.69) is 41.4 Å². The van der Waals surface area contributed by atoms with Crippen molar-refractivity contribution in [2.45, 2.75) is 57.4 Å². The maximum atomic E-state index is 12.5. The molecule has 0 bridgehead atoms. The zero-order valence-electron chi connectivity index (χ0n) is 15.2. The molecule has 138 valence electrons. The lowest BCUT2D eigenvalue weighted by molar-refractivity contribution is -0.139. The summed E-state index contributed by atoms with van der Waals surface area (Å²) in [5.74, 6) is 0.0117. The molecule has 1 N–H and O–H groups in total. The fraction of sp³-hybridized carbons (Fsp3) is 0.650. The van der Waals surface area contributed by atoms with Crippen molar-refractivity contribution in [3.05, 3.63) is 35.9 Å². The van der Waals surface area contributed by atoms with Crippen molar-refractivity contribution >= 4 is 5.91 Å². The third kappa shape index (κ3) is 5.80. The molecule has 1 aromatic carbocycles. The minimum absolute atomic E-state index is 0.0117. The average molecular weight is 346 g/mol. The second-order valence-corrected chi connectivity index (χ2v) is 7.20. The SMILES string of the molecule is C[C@H](CC[C@H]1CCCO1)NC(=O)[C@H]1CN(Cc2ccccc2)CCO1. The van der Waals surface area contributed by atoms with Crippen molar-refractivity contribution in [1.82, 2.24) is 10.2 Å². The lowest BCUT2D eigenvalue weighted by Gasteiger charge is -2.32. The van der Waals surface area contributed by atoms with Crippen LogP contribution < -0.4 is 5.32 Å². The summed E-state index contributed by atoms with van der Waals surface area (Å²) >= 11 is 0. The van der Waals surface area contributed by atoms with Crippen LogP contribution in [0.4, 0.5) is 0 Å². The van der Waals surface area contributed by atoms with E-state index in [1.165, 1.54) is 12.0 Å². The lowest BCUT2D eigenvalue weighted by atomic mass is 10.1. The van der Waals surface area contributed by atoms with Crippen molar-refractivity contribution in [1.29, 1.82) is 0 Å². The molecule has 25 heavy (non-hydrogen) atoms. The first-order valence-corrected chi connectivity index (χ1v) is 9.50. The number of rotatable bonds is 7. The second-order valence-electron chi connectivity index (χ2n) is 7.20. The van der Waals surface area contributed by atoms with Crippen LogP contribution in [0.15, 0.2) is 30.3 Å². The first-order valence-electron chi connectivity index (χ1n) is 9.50. The van der Waals surface area contributed by atoms with Gasteiger partial charge in [0.25, 0.3) is 5.91 Å². The van der Waals surface area contributed by atoms with Crippen molar-refractivity contribution in [3.8, 4) is 0 Å². The number of morpholine rings is 1. The van der Waals surface area contributed by atoms with Gasteiger partial charge in [-0.1, -0.05) is 30.3 Å². The van der Waals surface area contributed by atoms with Gasteiger partial charge in [-0.2, -0.15) is 0 Å². The Hall–Kier alpha value is -1.43. The zero-order valence-corrected chi connectivity index (χ0v) is 15.2. The number of nitrogens with one attached hydrogen (secondary N) is 1. The van der Waals surface area contributed by atoms with E-state index in [0.717, 1.165) is 39.0 Å². The van der Waals surface area contributed by atoms with Crippen LogP contribution in [0.25, 0.3) is 0 Å². The monoisotopic (exact) mass is 346 g/mol. The maximum absolute atomic E-state index is 12.5. The summed E-state index contributed by atoms with van der Waals surface area (Å²) in [6.45, 7) is 5.94. The fourth-order valence-corrected chi connectivity index (χ4v) is 3.56. The highest BCUT2D eigenvalue weighted by atomic mass is 16.5. The molecule has 3 rings (SSSR count). The Balaban J connectivity index is 1.41. The number of ether oxygens (including phenoxy) is 2. The van der Waals surface area contributed by atoms with E-state index in [1.807, 2.05) is 6.07 Å². The van der Waals surface area contributed by atoms with Gasteiger partial charge in [0.05, 0.1) is 12.7 Å². The Morgan fingerprint density at radius 2 is 2.12 bits per heavy atom. The third-order valence-electron chi connectivity index (χ3n) is 5.03. The second kappa shape index (κ2) is 9.32. The third-order valence-corrected chi connectivity index (χ3v) is 5.03. The molecule has 5 heteroatoms. The molecule has 1 aromatic rings. The van der Waals surface area contributed by atoms with Gasteiger partial charge >= 0.3 is 0 Å². The maximum Gasteiger partial charge on any atom is 0.250 e. The van der Waals surface area contributed by atoms with Gasteiger partial charge in [0, 0.05) is 32.3 Å². The molecule has 2 aliphatic rings. The van der Waals surface area contributed by atoms with Crippen LogP contribution in [0.5, 0.6) is 0 Å². The van der Waals surface area contributed by atoms with E-state index >= 15 is 0 Å². The molecule has 0 saturated carbocycles. The summed E-state index contributed by atoms with van der Waals surface area (Å²) in [4.78, 5) is 14.8. The van der Waals surface area contributed by atoms with Crippen molar-refractivity contribution in [3.63, 3.8) is 0 Å². The molecule has 0 spiro atoms. The van der Waals surface area contributed by atoms with Gasteiger partial charge in [0.2, 0.25) is 0 Å². The molecule has 0 unspecified atom stereocenters. The molecule has 2 fully saturated rings. The molecule has 2 aliphatic heterocycles. The Morgan fingerprint density at radius 3 is 2.88 bits per heavy atom. The van der Waals surface area contributed by atoms with E-state index in [1.54, 1.807) is 0 Å². The van der Waals surface area contributed by atoms with E-state index in [0.29, 0.717) is 19.3 Å². The molecular weight excluding hydrogens is 316 g/mol.